The summed E-state index contributed by atoms with van der Waals surface area (Å²) in [6, 6.07) is 0. The van der Waals surface area contributed by atoms with Gasteiger partial charge in [0.05, 0.1) is 56.8 Å². The Morgan fingerprint density at radius 2 is 1.25 bits per heavy atom. The molecular formula is C58H90O23. The zero-order valence-corrected chi connectivity index (χ0v) is 48.2. The van der Waals surface area contributed by atoms with E-state index in [4.69, 9.17) is 37.9 Å². The topological polar surface area (TPSA) is 368 Å². The van der Waals surface area contributed by atoms with Crippen molar-refractivity contribution in [3.63, 3.8) is 0 Å². The first-order valence-corrected chi connectivity index (χ1v) is 28.7. The summed E-state index contributed by atoms with van der Waals surface area (Å²) in [5.74, 6) is -5.26. The molecule has 3 heterocycles. The quantitative estimate of drug-likeness (QED) is 0.0434. The van der Waals surface area contributed by atoms with Crippen LogP contribution in [0.4, 0.5) is 0 Å². The summed E-state index contributed by atoms with van der Waals surface area (Å²) in [7, 11) is 0. The molecule has 7 fully saturated rings. The Kier molecular flexibility index (Phi) is 18.7. The second kappa shape index (κ2) is 23.7. The molecule has 0 aromatic heterocycles. The van der Waals surface area contributed by atoms with Crippen LogP contribution in [0, 0.1) is 56.2 Å². The number of aliphatic hydroxyl groups is 11. The fraction of sp³-hybridized carbons (Fsp3) is 0.845. The van der Waals surface area contributed by atoms with Crippen LogP contribution in [-0.4, -0.2) is 217 Å². The number of esters is 2. The third-order valence-corrected chi connectivity index (χ3v) is 21.8. The fourth-order valence-electron chi connectivity index (χ4n) is 16.4. The van der Waals surface area contributed by atoms with Gasteiger partial charge in [-0.1, -0.05) is 65.3 Å². The highest BCUT2D eigenvalue weighted by Gasteiger charge is 2.74. The molecule has 0 radical (unpaired) electrons. The number of rotatable bonds is 16. The van der Waals surface area contributed by atoms with Crippen molar-refractivity contribution in [2.45, 2.75) is 219 Å². The second-order valence-corrected chi connectivity index (χ2v) is 26.2. The molecule has 26 atom stereocenters. The highest BCUT2D eigenvalue weighted by atomic mass is 16.8. The number of aliphatic carboxylic acids is 1. The number of fused-ring (bicyclic) bond motifs is 7. The normalized spacial score (nSPS) is 48.9. The van der Waals surface area contributed by atoms with Crippen molar-refractivity contribution < 1.29 is 114 Å². The Hall–Kier alpha value is -3.05. The molecule has 4 saturated carbocycles. The van der Waals surface area contributed by atoms with Gasteiger partial charge in [0.2, 0.25) is 0 Å². The van der Waals surface area contributed by atoms with Gasteiger partial charge in [-0.15, -0.1) is 0 Å². The molecule has 3 saturated heterocycles. The minimum absolute atomic E-state index is 0.0726. The Labute approximate surface area is 472 Å². The number of ether oxygens (including phenoxy) is 8. The van der Waals surface area contributed by atoms with Gasteiger partial charge in [0.1, 0.15) is 54.9 Å². The lowest BCUT2D eigenvalue weighted by molar-refractivity contribution is -0.374. The molecule has 23 nitrogen and oxygen atoms in total. The van der Waals surface area contributed by atoms with E-state index in [1.165, 1.54) is 0 Å². The van der Waals surface area contributed by atoms with Crippen LogP contribution in [0.2, 0.25) is 0 Å². The highest BCUT2D eigenvalue weighted by Crippen LogP contribution is 2.76. The van der Waals surface area contributed by atoms with E-state index in [-0.39, 0.29) is 24.7 Å². The zero-order chi connectivity index (χ0) is 59.9. The number of carboxylic acid groups (broad SMARTS) is 1. The smallest absolute Gasteiger partial charge is 0.335 e. The van der Waals surface area contributed by atoms with E-state index in [1.807, 2.05) is 20.8 Å². The average molecular weight is 1160 g/mol. The Balaban J connectivity index is 1.13. The van der Waals surface area contributed by atoms with Crippen LogP contribution in [0.5, 0.6) is 0 Å². The predicted molar refractivity (Wildman–Crippen MR) is 281 cm³/mol. The average Bonchev–Trinajstić information content (AvgIpc) is 2.84. The minimum Gasteiger partial charge on any atom is -0.479 e. The van der Waals surface area contributed by atoms with E-state index in [9.17, 15) is 75.7 Å². The van der Waals surface area contributed by atoms with Gasteiger partial charge in [-0.2, -0.15) is 0 Å². The van der Waals surface area contributed by atoms with Gasteiger partial charge < -0.3 is 99.2 Å². The van der Waals surface area contributed by atoms with Crippen LogP contribution >= 0.6 is 0 Å². The summed E-state index contributed by atoms with van der Waals surface area (Å²) in [4.78, 5) is 40.4. The van der Waals surface area contributed by atoms with E-state index < -0.39 is 200 Å². The van der Waals surface area contributed by atoms with Crippen molar-refractivity contribution in [3.05, 3.63) is 34.9 Å². The molecule has 0 aromatic rings. The van der Waals surface area contributed by atoms with Gasteiger partial charge in [0.15, 0.2) is 31.1 Å². The molecule has 0 bridgehead atoms. The van der Waals surface area contributed by atoms with Gasteiger partial charge in [-0.05, 0) is 107 Å². The second-order valence-electron chi connectivity index (χ2n) is 26.2. The van der Waals surface area contributed by atoms with Crippen molar-refractivity contribution in [2.24, 2.45) is 56.2 Å². The summed E-state index contributed by atoms with van der Waals surface area (Å²) in [5, 5.41) is 132. The molecular weight excluding hydrogens is 1060 g/mol. The van der Waals surface area contributed by atoms with Gasteiger partial charge in [-0.3, -0.25) is 0 Å². The largest absolute Gasteiger partial charge is 0.479 e. The molecule has 5 aliphatic carbocycles. The molecule has 0 spiro atoms. The van der Waals surface area contributed by atoms with E-state index in [1.54, 1.807) is 39.8 Å². The van der Waals surface area contributed by atoms with Crippen LogP contribution in [-0.2, 0) is 52.3 Å². The number of carbonyl (C=O) groups is 3. The first-order valence-electron chi connectivity index (χ1n) is 28.7. The number of hydrogen-bond acceptors (Lipinski definition) is 22. The molecule has 12 N–H and O–H groups in total. The summed E-state index contributed by atoms with van der Waals surface area (Å²) in [6.45, 7) is 15.9. The fourth-order valence-corrected chi connectivity index (χ4v) is 16.4. The predicted octanol–water partition coefficient (Wildman–Crippen LogP) is 0.512. The lowest BCUT2D eigenvalue weighted by atomic mass is 9.33. The molecule has 8 unspecified atom stereocenters. The van der Waals surface area contributed by atoms with E-state index in [0.29, 0.717) is 43.3 Å². The Morgan fingerprint density at radius 3 is 1.81 bits per heavy atom. The van der Waals surface area contributed by atoms with Gasteiger partial charge in [-0.25, -0.2) is 14.4 Å². The first kappa shape index (κ1) is 64.0. The first-order chi connectivity index (χ1) is 38.0. The summed E-state index contributed by atoms with van der Waals surface area (Å²) < 4.78 is 49.0. The van der Waals surface area contributed by atoms with Crippen LogP contribution < -0.4 is 0 Å². The number of hydrogen-bond donors (Lipinski definition) is 12. The maximum atomic E-state index is 13.8. The Morgan fingerprint density at radius 1 is 0.667 bits per heavy atom. The number of carboxylic acids is 1. The lowest BCUT2D eigenvalue weighted by Gasteiger charge is -2.72. The third-order valence-electron chi connectivity index (χ3n) is 21.8. The maximum absolute atomic E-state index is 13.8. The van der Waals surface area contributed by atoms with Crippen LogP contribution in [0.25, 0.3) is 0 Å². The molecule has 8 aliphatic rings. The van der Waals surface area contributed by atoms with Crippen molar-refractivity contribution in [1.29, 1.82) is 0 Å². The lowest BCUT2D eigenvalue weighted by Crippen LogP contribution is -2.72. The molecule has 23 heteroatoms. The number of allylic oxidation sites excluding steroid dienone is 4. The number of carbonyl (C=O) groups excluding carboxylic acids is 2. The monoisotopic (exact) mass is 1150 g/mol. The summed E-state index contributed by atoms with van der Waals surface area (Å²) in [5.41, 5.74) is -3.46. The molecule has 0 aromatic carbocycles. The van der Waals surface area contributed by atoms with Crippen molar-refractivity contribution in [3.8, 4) is 0 Å². The maximum Gasteiger partial charge on any atom is 0.335 e. The standard InChI is InChI=1S/C58H90O23/c1-11-26(3)48(72)80-45-46(81-49(73)27(4)12-2)58(25-62)30(19-53(45,5)6)29-13-14-34-54(7)17-16-36(55(8,24-61)33(54)15-18-56(34,9)57(29,10)20-35(58)63)77-52-43(78-51-42(69)40(67)38(65)31(21-59)76-51)28(37(64)44(79-52)47(70)71)23-74-50-41(68)39(66)32(22-60)75-50/h11-13,28,30-46,50-52,59-69H,14-25H2,1-10H3,(H,70,71)/b26-11-,27-12-/t28-,30?,31?,32+,33?,34?,35-,36+,37+,38-,39?,40-,41+,42?,43?,44?,45+,46+,50-,51+,52-,54+,55-,56-,57-,58+/m1/s1. The molecule has 81 heavy (non-hydrogen) atoms. The molecule has 8 rings (SSSR count). The van der Waals surface area contributed by atoms with Gasteiger partial charge in [0, 0.05) is 27.9 Å². The van der Waals surface area contributed by atoms with E-state index >= 15 is 0 Å². The summed E-state index contributed by atoms with van der Waals surface area (Å²) >= 11 is 0. The van der Waals surface area contributed by atoms with Crippen LogP contribution in [0.15, 0.2) is 34.9 Å². The van der Waals surface area contributed by atoms with Crippen molar-refractivity contribution >= 4 is 17.9 Å². The van der Waals surface area contributed by atoms with Crippen LogP contribution in [0.1, 0.15) is 114 Å². The van der Waals surface area contributed by atoms with Gasteiger partial charge >= 0.3 is 17.9 Å². The van der Waals surface area contributed by atoms with Gasteiger partial charge in [0.25, 0.3) is 0 Å². The summed E-state index contributed by atoms with van der Waals surface area (Å²) in [6.07, 6.45) is -18.5. The molecule has 0 amide bonds. The third kappa shape index (κ3) is 10.4. The molecule has 460 valence electrons. The highest BCUT2D eigenvalue weighted by molar-refractivity contribution is 5.89. The molecule has 3 aliphatic heterocycles. The van der Waals surface area contributed by atoms with E-state index in [2.05, 4.69) is 26.8 Å². The SMILES string of the molecule is C/C=C(/C)C(=O)O[C@H]1[C@H](OC(=O)/C(C)=C\C)[C@@]2(CO)C(CC1(C)C)C1=CCC3[C@@]4(C)CC[C@H](O[C@@H]5OC(C(=O)O)[C@@H](O)[C@@H](CO[C@@H]6O[C@@H](CO)C(O)[C@@H]6O)C5O[C@@H]5OC(CO)[C@@H](O)[C@@H](O)C5O)[C@](C)(CO)C4CC[C@@]3(C)[C@]1(C)C[C@H]2O. The minimum atomic E-state index is -2.01. The van der Waals surface area contributed by atoms with E-state index in [0.717, 1.165) is 5.57 Å². The van der Waals surface area contributed by atoms with Crippen molar-refractivity contribution in [2.75, 3.05) is 33.0 Å². The van der Waals surface area contributed by atoms with Crippen LogP contribution in [0.3, 0.4) is 0 Å². The number of aliphatic hydroxyl groups excluding tert-OH is 11. The zero-order valence-electron chi connectivity index (χ0n) is 48.2. The Bertz CT molecular complexity index is 2390. The van der Waals surface area contributed by atoms with Crippen molar-refractivity contribution in [1.82, 2.24) is 0 Å².